The fourth-order valence-corrected chi connectivity index (χ4v) is 5.14. The number of amides is 2. The summed E-state index contributed by atoms with van der Waals surface area (Å²) < 4.78 is 0. The maximum Gasteiger partial charge on any atom is 0.269 e. The fraction of sp³-hybridized carbons (Fsp3) is 0.308. The summed E-state index contributed by atoms with van der Waals surface area (Å²) in [6.45, 7) is 0. The van der Waals surface area contributed by atoms with Crippen LogP contribution < -0.4 is 10.3 Å². The smallest absolute Gasteiger partial charge is 0.269 e. The lowest BCUT2D eigenvalue weighted by Gasteiger charge is -2.42. The molecule has 9 heteroatoms. The van der Waals surface area contributed by atoms with Crippen LogP contribution >= 0.6 is 0 Å². The van der Waals surface area contributed by atoms with E-state index in [1.54, 1.807) is 53.6 Å². The lowest BCUT2D eigenvalue weighted by Crippen LogP contribution is -2.58. The van der Waals surface area contributed by atoms with Gasteiger partial charge in [-0.25, -0.2) is 9.91 Å². The van der Waals surface area contributed by atoms with Gasteiger partial charge in [-0.2, -0.15) is 0 Å². The topological polar surface area (TPSA) is 116 Å². The van der Waals surface area contributed by atoms with Crippen molar-refractivity contribution in [1.82, 2.24) is 5.01 Å². The van der Waals surface area contributed by atoms with Gasteiger partial charge < -0.3 is 10.5 Å². The number of hydrogen-bond acceptors (Lipinski definition) is 7. The number of rotatable bonds is 6. The van der Waals surface area contributed by atoms with E-state index in [0.29, 0.717) is 11.4 Å². The van der Waals surface area contributed by atoms with Crippen molar-refractivity contribution in [3.05, 3.63) is 89.0 Å². The highest BCUT2D eigenvalue weighted by atomic mass is 16.6. The summed E-state index contributed by atoms with van der Waals surface area (Å²) in [6, 6.07) is 13.2. The largest absolute Gasteiger partial charge is 0.391 e. The maximum absolute atomic E-state index is 13.6. The molecule has 2 amide bonds. The van der Waals surface area contributed by atoms with E-state index in [4.69, 9.17) is 0 Å². The van der Waals surface area contributed by atoms with Crippen molar-refractivity contribution in [2.45, 2.75) is 37.5 Å². The molecule has 0 aromatic heterocycles. The number of fused-ring (bicyclic) bond motifs is 1. The highest BCUT2D eigenvalue weighted by Crippen LogP contribution is 2.37. The number of hydrazine groups is 1. The molecule has 0 saturated carbocycles. The number of nitrogens with one attached hydrogen (secondary N) is 1. The molecule has 1 aliphatic carbocycles. The Morgan fingerprint density at radius 3 is 2.40 bits per heavy atom. The van der Waals surface area contributed by atoms with Gasteiger partial charge in [0.2, 0.25) is 5.91 Å². The molecule has 1 saturated heterocycles. The summed E-state index contributed by atoms with van der Waals surface area (Å²) in [4.78, 5) is 38.7. The Labute approximate surface area is 202 Å². The van der Waals surface area contributed by atoms with Gasteiger partial charge in [0.25, 0.3) is 11.6 Å². The first-order valence-corrected chi connectivity index (χ1v) is 11.7. The molecule has 0 spiro atoms. The number of aliphatic hydroxyl groups excluding tert-OH is 1. The first-order valence-electron chi connectivity index (χ1n) is 11.7. The number of carbonyl (C=O) groups excluding carboxylic acids is 2. The number of aliphatic hydroxyl groups is 1. The van der Waals surface area contributed by atoms with Crippen LogP contribution in [0.1, 0.15) is 19.3 Å². The second-order valence-electron chi connectivity index (χ2n) is 9.05. The predicted molar refractivity (Wildman–Crippen MR) is 130 cm³/mol. The molecule has 2 aromatic rings. The van der Waals surface area contributed by atoms with E-state index in [-0.39, 0.29) is 23.4 Å². The summed E-state index contributed by atoms with van der Waals surface area (Å²) in [5.41, 5.74) is 4.15. The van der Waals surface area contributed by atoms with Crippen LogP contribution in [0.15, 0.2) is 78.9 Å². The van der Waals surface area contributed by atoms with Gasteiger partial charge in [-0.1, -0.05) is 42.5 Å². The second kappa shape index (κ2) is 9.44. The molecule has 0 bridgehead atoms. The van der Waals surface area contributed by atoms with Crippen molar-refractivity contribution in [2.75, 3.05) is 10.3 Å². The van der Waals surface area contributed by atoms with E-state index in [9.17, 15) is 24.8 Å². The Morgan fingerprint density at radius 1 is 1.00 bits per heavy atom. The lowest BCUT2D eigenvalue weighted by molar-refractivity contribution is -0.384. The standard InChI is InChI=1S/C26H26N4O5/c31-24(17-7-3-1-4-8-17)22-16-15-21-23(26(33)28(25(21)32)19-9-5-2-6-10-19)29(22)27-18-11-13-20(14-12-18)30(34)35/h1-3,5-6,9-17,21-24,27,31H,4,7-8H2. The van der Waals surface area contributed by atoms with Crippen molar-refractivity contribution in [1.29, 1.82) is 0 Å². The van der Waals surface area contributed by atoms with Gasteiger partial charge in [-0.3, -0.25) is 19.7 Å². The van der Waals surface area contributed by atoms with Crippen molar-refractivity contribution in [3.8, 4) is 0 Å². The van der Waals surface area contributed by atoms with Crippen molar-refractivity contribution in [2.24, 2.45) is 11.8 Å². The number of para-hydroxylation sites is 1. The zero-order valence-electron chi connectivity index (χ0n) is 18.9. The van der Waals surface area contributed by atoms with Crippen molar-refractivity contribution >= 4 is 28.9 Å². The number of nitro groups is 1. The Morgan fingerprint density at radius 2 is 1.74 bits per heavy atom. The normalized spacial score (nSPS) is 27.1. The third-order valence-corrected chi connectivity index (χ3v) is 6.95. The summed E-state index contributed by atoms with van der Waals surface area (Å²) in [5.74, 6) is -1.43. The number of anilines is 2. The molecule has 2 aromatic carbocycles. The molecule has 5 rings (SSSR count). The van der Waals surface area contributed by atoms with Gasteiger partial charge in [-0.15, -0.1) is 0 Å². The average Bonchev–Trinajstić information content (AvgIpc) is 3.15. The van der Waals surface area contributed by atoms with Crippen LogP contribution in [-0.4, -0.2) is 45.0 Å². The highest BCUT2D eigenvalue weighted by molar-refractivity contribution is 6.24. The number of imide groups is 1. The van der Waals surface area contributed by atoms with E-state index < -0.39 is 29.0 Å². The summed E-state index contributed by atoms with van der Waals surface area (Å²) >= 11 is 0. The third-order valence-electron chi connectivity index (χ3n) is 6.95. The van der Waals surface area contributed by atoms with Crippen LogP contribution in [0.25, 0.3) is 0 Å². The van der Waals surface area contributed by atoms with Crippen LogP contribution in [0.5, 0.6) is 0 Å². The van der Waals surface area contributed by atoms with E-state index in [1.165, 1.54) is 17.0 Å². The van der Waals surface area contributed by atoms with Gasteiger partial charge in [-0.05, 0) is 49.4 Å². The zero-order valence-corrected chi connectivity index (χ0v) is 18.9. The molecule has 180 valence electrons. The molecule has 5 atom stereocenters. The minimum Gasteiger partial charge on any atom is -0.391 e. The second-order valence-corrected chi connectivity index (χ2v) is 9.05. The molecule has 0 radical (unpaired) electrons. The molecular weight excluding hydrogens is 448 g/mol. The minimum atomic E-state index is -0.873. The van der Waals surface area contributed by atoms with Gasteiger partial charge >= 0.3 is 0 Å². The lowest BCUT2D eigenvalue weighted by atomic mass is 9.83. The molecule has 1 fully saturated rings. The molecule has 9 nitrogen and oxygen atoms in total. The number of hydrogen-bond donors (Lipinski definition) is 2. The quantitative estimate of drug-likeness (QED) is 0.285. The van der Waals surface area contributed by atoms with Gasteiger partial charge in [0.05, 0.1) is 28.7 Å². The SMILES string of the molecule is O=C1C2C=CC(C(O)C3CC=CCC3)N(Nc3ccc([N+](=O)[O-])cc3)C2C(=O)N1c1ccccc1. The monoisotopic (exact) mass is 474 g/mol. The summed E-state index contributed by atoms with van der Waals surface area (Å²) in [6.07, 6.45) is 9.33. The first-order chi connectivity index (χ1) is 17.0. The number of allylic oxidation sites excluding steroid dienone is 2. The van der Waals surface area contributed by atoms with E-state index in [0.717, 1.165) is 19.3 Å². The Balaban J connectivity index is 1.50. The number of nitro benzene ring substituents is 1. The van der Waals surface area contributed by atoms with Gasteiger partial charge in [0.15, 0.2) is 0 Å². The van der Waals surface area contributed by atoms with Crippen LogP contribution in [0.3, 0.4) is 0 Å². The van der Waals surface area contributed by atoms with Crippen LogP contribution in [0, 0.1) is 22.0 Å². The number of benzene rings is 2. The van der Waals surface area contributed by atoms with Crippen molar-refractivity contribution in [3.63, 3.8) is 0 Å². The molecule has 2 N–H and O–H groups in total. The van der Waals surface area contributed by atoms with Crippen LogP contribution in [0.4, 0.5) is 17.1 Å². The fourth-order valence-electron chi connectivity index (χ4n) is 5.14. The third kappa shape index (κ3) is 4.24. The highest BCUT2D eigenvalue weighted by Gasteiger charge is 2.54. The zero-order chi connectivity index (χ0) is 24.5. The molecule has 3 aliphatic rings. The Kier molecular flexibility index (Phi) is 6.19. The number of nitrogens with zero attached hydrogens (tertiary/aromatic N) is 3. The van der Waals surface area contributed by atoms with Crippen LogP contribution in [0.2, 0.25) is 0 Å². The number of non-ortho nitro benzene ring substituents is 1. The molecule has 2 heterocycles. The van der Waals surface area contributed by atoms with Gasteiger partial charge in [0, 0.05) is 17.8 Å². The van der Waals surface area contributed by atoms with Crippen LogP contribution in [-0.2, 0) is 9.59 Å². The van der Waals surface area contributed by atoms with Gasteiger partial charge in [0.1, 0.15) is 6.04 Å². The van der Waals surface area contributed by atoms with E-state index >= 15 is 0 Å². The average molecular weight is 475 g/mol. The molecule has 35 heavy (non-hydrogen) atoms. The summed E-state index contributed by atoms with van der Waals surface area (Å²) in [5, 5.41) is 24.1. The molecular formula is C26H26N4O5. The first kappa shape index (κ1) is 22.9. The van der Waals surface area contributed by atoms with E-state index in [1.807, 2.05) is 6.07 Å². The Bertz CT molecular complexity index is 1180. The predicted octanol–water partition coefficient (Wildman–Crippen LogP) is 3.44. The van der Waals surface area contributed by atoms with E-state index in [2.05, 4.69) is 17.6 Å². The minimum absolute atomic E-state index is 0.00444. The maximum atomic E-state index is 13.6. The molecule has 2 aliphatic heterocycles. The van der Waals surface area contributed by atoms with Crippen molar-refractivity contribution < 1.29 is 19.6 Å². The number of carbonyl (C=O) groups is 2. The Hall–Kier alpha value is -3.82. The molecule has 5 unspecified atom stereocenters. The summed E-state index contributed by atoms with van der Waals surface area (Å²) in [7, 11) is 0.